The Morgan fingerprint density at radius 1 is 1.37 bits per heavy atom. The molecule has 0 radical (unpaired) electrons. The highest BCUT2D eigenvalue weighted by molar-refractivity contribution is 9.11. The molecule has 2 rings (SSSR count). The third-order valence-corrected chi connectivity index (χ3v) is 3.54. The fourth-order valence-electron chi connectivity index (χ4n) is 1.65. The van der Waals surface area contributed by atoms with Gasteiger partial charge in [0.15, 0.2) is 0 Å². The quantitative estimate of drug-likeness (QED) is 0.756. The molecule has 0 bridgehead atoms. The third kappa shape index (κ3) is 3.03. The van der Waals surface area contributed by atoms with Gasteiger partial charge in [-0.3, -0.25) is 9.59 Å². The number of hydrogen-bond acceptors (Lipinski definition) is 4. The fraction of sp³-hybridized carbons (Fsp3) is 0.250. The highest BCUT2D eigenvalue weighted by Gasteiger charge is 2.12. The number of nitrogens with zero attached hydrogens (tertiary/aromatic N) is 2. The number of carbonyl (C=O) groups is 1. The summed E-state index contributed by atoms with van der Waals surface area (Å²) in [5.41, 5.74) is -0.321. The molecule has 0 aliphatic rings. The summed E-state index contributed by atoms with van der Waals surface area (Å²) in [6.45, 7) is 1.79. The molecule has 0 aliphatic carbocycles. The third-order valence-electron chi connectivity index (χ3n) is 2.46. The first-order chi connectivity index (χ1) is 9.02. The number of esters is 1. The van der Waals surface area contributed by atoms with Gasteiger partial charge >= 0.3 is 5.97 Å². The van der Waals surface area contributed by atoms with E-state index >= 15 is 0 Å². The molecule has 1 aromatic heterocycles. The van der Waals surface area contributed by atoms with Crippen LogP contribution in [0.4, 0.5) is 0 Å². The van der Waals surface area contributed by atoms with Gasteiger partial charge in [-0.25, -0.2) is 4.68 Å². The molecule has 0 saturated carbocycles. The molecule has 5 nitrogen and oxygen atoms in total. The van der Waals surface area contributed by atoms with Crippen LogP contribution in [0.5, 0.6) is 0 Å². The van der Waals surface area contributed by atoms with Crippen molar-refractivity contribution in [2.24, 2.45) is 0 Å². The van der Waals surface area contributed by atoms with Crippen LogP contribution < -0.4 is 5.56 Å². The maximum atomic E-state index is 12.2. The van der Waals surface area contributed by atoms with E-state index in [0.29, 0.717) is 15.4 Å². The van der Waals surface area contributed by atoms with Crippen molar-refractivity contribution in [2.45, 2.75) is 13.5 Å². The maximum absolute atomic E-state index is 12.2. The van der Waals surface area contributed by atoms with E-state index in [9.17, 15) is 9.59 Å². The van der Waals surface area contributed by atoms with Gasteiger partial charge in [-0.2, -0.15) is 5.10 Å². The topological polar surface area (TPSA) is 61.2 Å². The highest BCUT2D eigenvalue weighted by Crippen LogP contribution is 2.22. The van der Waals surface area contributed by atoms with Crippen LogP contribution in [0.3, 0.4) is 0 Å². The van der Waals surface area contributed by atoms with Gasteiger partial charge < -0.3 is 4.74 Å². The Balaban J connectivity index is 2.53. The minimum Gasteiger partial charge on any atom is -0.465 e. The Labute approximate surface area is 125 Å². The molecule has 0 aliphatic heterocycles. The molecule has 19 heavy (non-hydrogen) atoms. The second kappa shape index (κ2) is 5.83. The average molecular weight is 390 g/mol. The smallest absolute Gasteiger partial charge is 0.327 e. The first kappa shape index (κ1) is 14.2. The lowest BCUT2D eigenvalue weighted by Crippen LogP contribution is -2.28. The van der Waals surface area contributed by atoms with E-state index in [1.165, 1.54) is 0 Å². The van der Waals surface area contributed by atoms with Gasteiger partial charge in [-0.15, -0.1) is 0 Å². The molecule has 0 N–H and O–H groups in total. The van der Waals surface area contributed by atoms with Crippen molar-refractivity contribution in [1.29, 1.82) is 0 Å². The lowest BCUT2D eigenvalue weighted by molar-refractivity contribution is -0.144. The van der Waals surface area contributed by atoms with Crippen LogP contribution in [0, 0.1) is 0 Å². The van der Waals surface area contributed by atoms with Crippen molar-refractivity contribution >= 4 is 48.6 Å². The van der Waals surface area contributed by atoms with Gasteiger partial charge in [0.2, 0.25) is 0 Å². The van der Waals surface area contributed by atoms with E-state index in [2.05, 4.69) is 37.0 Å². The number of ether oxygens (including phenoxy) is 1. The molecule has 1 heterocycles. The Morgan fingerprint density at radius 3 is 2.79 bits per heavy atom. The van der Waals surface area contributed by atoms with Gasteiger partial charge in [0, 0.05) is 9.86 Å². The number of halogens is 2. The number of benzene rings is 1. The normalized spacial score (nSPS) is 10.7. The molecule has 0 fully saturated rings. The monoisotopic (exact) mass is 388 g/mol. The van der Waals surface area contributed by atoms with Crippen molar-refractivity contribution < 1.29 is 9.53 Å². The van der Waals surface area contributed by atoms with Crippen molar-refractivity contribution in [3.8, 4) is 0 Å². The van der Waals surface area contributed by atoms with Gasteiger partial charge in [0.25, 0.3) is 5.56 Å². The summed E-state index contributed by atoms with van der Waals surface area (Å²) in [5.74, 6) is -0.486. The van der Waals surface area contributed by atoms with Crippen LogP contribution in [-0.4, -0.2) is 22.4 Å². The number of fused-ring (bicyclic) bond motifs is 1. The highest BCUT2D eigenvalue weighted by atomic mass is 79.9. The van der Waals surface area contributed by atoms with Crippen LogP contribution in [-0.2, 0) is 16.1 Å². The molecule has 100 valence electrons. The van der Waals surface area contributed by atoms with E-state index in [4.69, 9.17) is 4.74 Å². The molecule has 0 amide bonds. The van der Waals surface area contributed by atoms with E-state index in [1.54, 1.807) is 25.1 Å². The summed E-state index contributed by atoms with van der Waals surface area (Å²) >= 11 is 6.64. The average Bonchev–Trinajstić information content (AvgIpc) is 2.36. The van der Waals surface area contributed by atoms with Crippen LogP contribution in [0.15, 0.2) is 32.1 Å². The zero-order chi connectivity index (χ0) is 14.0. The van der Waals surface area contributed by atoms with Crippen molar-refractivity contribution in [2.75, 3.05) is 6.61 Å². The minimum atomic E-state index is -0.486. The van der Waals surface area contributed by atoms with Gasteiger partial charge in [0.1, 0.15) is 11.1 Å². The zero-order valence-corrected chi connectivity index (χ0v) is 13.2. The van der Waals surface area contributed by atoms with E-state index in [0.717, 1.165) is 9.15 Å². The summed E-state index contributed by atoms with van der Waals surface area (Å²) in [6, 6.07) is 5.25. The molecular weight excluding hydrogens is 380 g/mol. The largest absolute Gasteiger partial charge is 0.465 e. The second-order valence-electron chi connectivity index (χ2n) is 3.75. The van der Waals surface area contributed by atoms with Crippen LogP contribution in [0.25, 0.3) is 10.8 Å². The van der Waals surface area contributed by atoms with Crippen LogP contribution in [0.2, 0.25) is 0 Å². The molecule has 0 spiro atoms. The standard InChI is InChI=1S/C12H10Br2N2O3/c1-2-19-10(17)6-16-12(18)8-4-3-7(13)5-9(8)11(14)15-16/h3-5H,2,6H2,1H3. The van der Waals surface area contributed by atoms with Crippen LogP contribution >= 0.6 is 31.9 Å². The lowest BCUT2D eigenvalue weighted by atomic mass is 10.2. The lowest BCUT2D eigenvalue weighted by Gasteiger charge is -2.07. The summed E-state index contributed by atoms with van der Waals surface area (Å²) in [5, 5.41) is 5.25. The fourth-order valence-corrected chi connectivity index (χ4v) is 2.53. The molecule has 0 atom stereocenters. The van der Waals surface area contributed by atoms with Gasteiger partial charge in [0.05, 0.1) is 12.0 Å². The van der Waals surface area contributed by atoms with E-state index in [-0.39, 0.29) is 18.7 Å². The second-order valence-corrected chi connectivity index (χ2v) is 5.42. The molecule has 0 unspecified atom stereocenters. The molecule has 2 aromatic rings. The number of hydrogen-bond donors (Lipinski definition) is 0. The Kier molecular flexibility index (Phi) is 4.36. The predicted octanol–water partition coefficient (Wildman–Crippen LogP) is 2.48. The minimum absolute atomic E-state index is 0.197. The molecule has 7 heteroatoms. The molecule has 0 saturated heterocycles. The van der Waals surface area contributed by atoms with Gasteiger partial charge in [-0.05, 0) is 41.1 Å². The Hall–Kier alpha value is -1.21. The number of aromatic nitrogens is 2. The van der Waals surface area contributed by atoms with Crippen molar-refractivity contribution in [1.82, 2.24) is 9.78 Å². The zero-order valence-electron chi connectivity index (χ0n) is 10.0. The molecule has 1 aromatic carbocycles. The first-order valence-corrected chi connectivity index (χ1v) is 7.13. The summed E-state index contributed by atoms with van der Waals surface area (Å²) in [6.07, 6.45) is 0. The first-order valence-electron chi connectivity index (χ1n) is 5.54. The Morgan fingerprint density at radius 2 is 2.11 bits per heavy atom. The predicted molar refractivity (Wildman–Crippen MR) is 78.0 cm³/mol. The maximum Gasteiger partial charge on any atom is 0.327 e. The molecular formula is C12H10Br2N2O3. The summed E-state index contributed by atoms with van der Waals surface area (Å²) < 4.78 is 7.26. The summed E-state index contributed by atoms with van der Waals surface area (Å²) in [4.78, 5) is 23.6. The van der Waals surface area contributed by atoms with Crippen LogP contribution in [0.1, 0.15) is 6.92 Å². The van der Waals surface area contributed by atoms with Crippen molar-refractivity contribution in [3.05, 3.63) is 37.6 Å². The Bertz CT molecular complexity index is 697. The summed E-state index contributed by atoms with van der Waals surface area (Å²) in [7, 11) is 0. The van der Waals surface area contributed by atoms with E-state index in [1.807, 2.05) is 0 Å². The number of rotatable bonds is 3. The van der Waals surface area contributed by atoms with Crippen molar-refractivity contribution in [3.63, 3.8) is 0 Å². The number of carbonyl (C=O) groups excluding carboxylic acids is 1. The van der Waals surface area contributed by atoms with Gasteiger partial charge in [-0.1, -0.05) is 15.9 Å². The SMILES string of the molecule is CCOC(=O)Cn1nc(Br)c2cc(Br)ccc2c1=O. The van der Waals surface area contributed by atoms with E-state index < -0.39 is 5.97 Å².